The van der Waals surface area contributed by atoms with E-state index in [1.54, 1.807) is 6.20 Å². The summed E-state index contributed by atoms with van der Waals surface area (Å²) in [6.07, 6.45) is 1.74. The van der Waals surface area contributed by atoms with Crippen LogP contribution in [0.2, 0.25) is 5.15 Å². The van der Waals surface area contributed by atoms with Crippen molar-refractivity contribution in [3.63, 3.8) is 0 Å². The zero-order valence-corrected chi connectivity index (χ0v) is 7.51. The molecule has 2 heterocycles. The van der Waals surface area contributed by atoms with Crippen LogP contribution >= 0.6 is 11.6 Å². The number of nitrogens with zero attached hydrogens (tertiary/aromatic N) is 1. The van der Waals surface area contributed by atoms with E-state index in [-0.39, 0.29) is 0 Å². The van der Waals surface area contributed by atoms with Gasteiger partial charge in [-0.3, -0.25) is 0 Å². The van der Waals surface area contributed by atoms with Crippen LogP contribution in [0, 0.1) is 0 Å². The number of pyridine rings is 1. The second kappa shape index (κ2) is 2.39. The summed E-state index contributed by atoms with van der Waals surface area (Å²) >= 11 is 6.25. The minimum absolute atomic E-state index is 0.417. The first kappa shape index (κ1) is 6.41. The van der Waals surface area contributed by atoms with Gasteiger partial charge in [-0.05, 0) is 0 Å². The quantitative estimate of drug-likeness (QED) is 0.485. The molecule has 0 spiro atoms. The minimum atomic E-state index is 0.417. The van der Waals surface area contributed by atoms with Gasteiger partial charge in [0.05, 0.1) is 0 Å². The monoisotopic (exact) mass is 217 g/mol. The van der Waals surface area contributed by atoms with Crippen molar-refractivity contribution in [2.45, 2.75) is 0 Å². The predicted molar refractivity (Wildman–Crippen MR) is 43.7 cm³/mol. The normalized spacial score (nSPS) is 10.5. The van der Waals surface area contributed by atoms with Gasteiger partial charge in [0.1, 0.15) is 0 Å². The van der Waals surface area contributed by atoms with E-state index in [4.69, 9.17) is 11.6 Å². The average molecular weight is 217 g/mol. The molecular formula is C7H4ClNSe. The van der Waals surface area contributed by atoms with Gasteiger partial charge in [-0.1, -0.05) is 0 Å². The van der Waals surface area contributed by atoms with Crippen LogP contribution in [0.1, 0.15) is 0 Å². The maximum atomic E-state index is 5.83. The molecule has 0 radical (unpaired) electrons. The summed E-state index contributed by atoms with van der Waals surface area (Å²) in [6.45, 7) is 0. The molecule has 0 fully saturated rings. The molecule has 3 heteroatoms. The number of aromatic nitrogens is 1. The van der Waals surface area contributed by atoms with Gasteiger partial charge in [0, 0.05) is 0 Å². The Morgan fingerprint density at radius 2 is 2.30 bits per heavy atom. The Morgan fingerprint density at radius 1 is 1.40 bits per heavy atom. The Bertz CT molecular complexity index is 355. The Hall–Kier alpha value is -0.301. The molecule has 0 saturated heterocycles. The van der Waals surface area contributed by atoms with E-state index >= 15 is 0 Å². The van der Waals surface area contributed by atoms with Crippen LogP contribution in [0.15, 0.2) is 23.3 Å². The zero-order chi connectivity index (χ0) is 6.97. The van der Waals surface area contributed by atoms with Crippen LogP contribution in [-0.4, -0.2) is 19.5 Å². The molecule has 50 valence electrons. The number of hydrogen-bond acceptors (Lipinski definition) is 1. The summed E-state index contributed by atoms with van der Waals surface area (Å²) in [6, 6.07) is 4.09. The molecule has 0 amide bonds. The van der Waals surface area contributed by atoms with Gasteiger partial charge in [0.25, 0.3) is 0 Å². The molecule has 1 nitrogen and oxygen atoms in total. The van der Waals surface area contributed by atoms with Gasteiger partial charge in [-0.25, -0.2) is 0 Å². The maximum absolute atomic E-state index is 5.83. The summed E-state index contributed by atoms with van der Waals surface area (Å²) in [5, 5.41) is 1.91. The van der Waals surface area contributed by atoms with E-state index in [2.05, 4.69) is 16.0 Å². The van der Waals surface area contributed by atoms with Gasteiger partial charge < -0.3 is 0 Å². The standard InChI is InChI=1S/C7H4ClNSe/c8-7-6-5(1-3-9-7)2-4-10-6/h1-4H. The van der Waals surface area contributed by atoms with Crippen molar-refractivity contribution in [3.05, 3.63) is 28.4 Å². The second-order valence-corrected chi connectivity index (χ2v) is 4.22. The fourth-order valence-corrected chi connectivity index (χ4v) is 2.88. The van der Waals surface area contributed by atoms with Crippen molar-refractivity contribution in [1.29, 1.82) is 0 Å². The number of fused-ring (bicyclic) bond motifs is 1. The number of hydrogen-bond donors (Lipinski definition) is 0. The molecule has 0 unspecified atom stereocenters. The van der Waals surface area contributed by atoms with E-state index in [0.717, 1.165) is 0 Å². The molecule has 0 aliphatic heterocycles. The average Bonchev–Trinajstić information content (AvgIpc) is 2.36. The van der Waals surface area contributed by atoms with Crippen molar-refractivity contribution in [2.24, 2.45) is 0 Å². The van der Waals surface area contributed by atoms with Crippen LogP contribution in [0.3, 0.4) is 0 Å². The van der Waals surface area contributed by atoms with Crippen LogP contribution in [0.25, 0.3) is 9.65 Å². The second-order valence-electron chi connectivity index (χ2n) is 1.94. The SMILES string of the molecule is Clc1nccc2cc[se]c12. The van der Waals surface area contributed by atoms with E-state index in [0.29, 0.717) is 19.7 Å². The molecule has 0 aliphatic rings. The third-order valence-corrected chi connectivity index (χ3v) is 3.83. The molecule has 0 atom stereocenters. The fourth-order valence-electron chi connectivity index (χ4n) is 0.860. The van der Waals surface area contributed by atoms with Crippen molar-refractivity contribution < 1.29 is 0 Å². The Kier molecular flexibility index (Phi) is 1.53. The molecular weight excluding hydrogens is 212 g/mol. The summed E-state index contributed by atoms with van der Waals surface area (Å²) in [5.74, 6) is 0. The van der Waals surface area contributed by atoms with Crippen molar-refractivity contribution in [1.82, 2.24) is 4.98 Å². The summed E-state index contributed by atoms with van der Waals surface area (Å²) in [7, 11) is 0. The molecule has 10 heavy (non-hydrogen) atoms. The van der Waals surface area contributed by atoms with Gasteiger partial charge in [-0.15, -0.1) is 0 Å². The van der Waals surface area contributed by atoms with Crippen LogP contribution in [-0.2, 0) is 0 Å². The molecule has 0 aromatic carbocycles. The molecule has 2 aromatic rings. The molecule has 0 N–H and O–H groups in total. The van der Waals surface area contributed by atoms with Gasteiger partial charge in [-0.2, -0.15) is 0 Å². The molecule has 0 bridgehead atoms. The molecule has 2 aromatic heterocycles. The van der Waals surface area contributed by atoms with E-state index < -0.39 is 0 Å². The van der Waals surface area contributed by atoms with Crippen LogP contribution in [0.4, 0.5) is 0 Å². The number of halogens is 1. The van der Waals surface area contributed by atoms with Gasteiger partial charge in [0.2, 0.25) is 0 Å². The first-order chi connectivity index (χ1) is 4.88. The van der Waals surface area contributed by atoms with Crippen molar-refractivity contribution >= 4 is 35.8 Å². The van der Waals surface area contributed by atoms with E-state index in [1.165, 1.54) is 9.65 Å². The van der Waals surface area contributed by atoms with E-state index in [9.17, 15) is 0 Å². The molecule has 2 rings (SSSR count). The van der Waals surface area contributed by atoms with Crippen LogP contribution < -0.4 is 0 Å². The fraction of sp³-hybridized carbons (Fsp3) is 0. The van der Waals surface area contributed by atoms with Gasteiger partial charge in [0.15, 0.2) is 0 Å². The summed E-state index contributed by atoms with van der Waals surface area (Å²) < 4.78 is 1.22. The summed E-state index contributed by atoms with van der Waals surface area (Å²) in [4.78, 5) is 6.15. The predicted octanol–water partition coefficient (Wildman–Crippen LogP) is 1.95. The summed E-state index contributed by atoms with van der Waals surface area (Å²) in [5.41, 5.74) is 0. The van der Waals surface area contributed by atoms with E-state index in [1.807, 2.05) is 6.07 Å². The number of rotatable bonds is 0. The topological polar surface area (TPSA) is 12.9 Å². The van der Waals surface area contributed by atoms with Crippen LogP contribution in [0.5, 0.6) is 0 Å². The Balaban J connectivity index is 2.95. The van der Waals surface area contributed by atoms with Gasteiger partial charge >= 0.3 is 69.2 Å². The molecule has 0 saturated carbocycles. The Labute approximate surface area is 69.4 Å². The zero-order valence-electron chi connectivity index (χ0n) is 5.04. The first-order valence-electron chi connectivity index (χ1n) is 2.85. The Morgan fingerprint density at radius 3 is 3.10 bits per heavy atom. The van der Waals surface area contributed by atoms with Crippen molar-refractivity contribution in [3.8, 4) is 0 Å². The third-order valence-electron chi connectivity index (χ3n) is 1.33. The third kappa shape index (κ3) is 0.891. The molecule has 0 aliphatic carbocycles. The first-order valence-corrected chi connectivity index (χ1v) is 5.08. The van der Waals surface area contributed by atoms with Crippen molar-refractivity contribution in [2.75, 3.05) is 0 Å².